The zero-order chi connectivity index (χ0) is 13.4. The third kappa shape index (κ3) is 6.16. The molecule has 0 aromatic carbocycles. The maximum Gasteiger partial charge on any atom is 0.254 e. The van der Waals surface area contributed by atoms with Crippen molar-refractivity contribution < 1.29 is 17.5 Å². The highest BCUT2D eigenvalue weighted by molar-refractivity contribution is 7.85. The number of rotatable bonds is 9. The molecule has 0 saturated heterocycles. The van der Waals surface area contributed by atoms with Crippen molar-refractivity contribution in [2.75, 3.05) is 5.75 Å². The number of nitrogens with one attached hydrogen (secondary N) is 1. The van der Waals surface area contributed by atoms with Gasteiger partial charge in [0.1, 0.15) is 12.4 Å². The van der Waals surface area contributed by atoms with Gasteiger partial charge >= 0.3 is 0 Å². The van der Waals surface area contributed by atoms with Crippen molar-refractivity contribution in [2.45, 2.75) is 52.0 Å². The van der Waals surface area contributed by atoms with Crippen molar-refractivity contribution in [3.63, 3.8) is 0 Å². The molecule has 0 radical (unpaired) electrons. The summed E-state index contributed by atoms with van der Waals surface area (Å²) in [6, 6.07) is 0. The molecule has 6 heteroatoms. The molecule has 0 bridgehead atoms. The highest BCUT2D eigenvalue weighted by Crippen LogP contribution is 2.01. The Balaban J connectivity index is 2.31. The summed E-state index contributed by atoms with van der Waals surface area (Å²) in [7, 11) is -4.06. The smallest absolute Gasteiger partial charge is 0.254 e. The monoisotopic (exact) mass is 274 g/mol. The molecule has 0 aliphatic rings. The quantitative estimate of drug-likeness (QED) is 0.419. The van der Waals surface area contributed by atoms with E-state index in [9.17, 15) is 13.0 Å². The number of aromatic amines is 1. The van der Waals surface area contributed by atoms with E-state index in [0.717, 1.165) is 19.4 Å². The number of hydrogen-bond acceptors (Lipinski definition) is 3. The summed E-state index contributed by atoms with van der Waals surface area (Å²) < 4.78 is 33.5. The topological polar surface area (TPSA) is 76.9 Å². The Morgan fingerprint density at radius 3 is 2.72 bits per heavy atom. The van der Waals surface area contributed by atoms with Crippen LogP contribution in [0.1, 0.15) is 44.9 Å². The molecule has 1 N–H and O–H groups in total. The van der Waals surface area contributed by atoms with E-state index in [1.165, 1.54) is 18.7 Å². The average Bonchev–Trinajstić information content (AvgIpc) is 2.71. The number of nitrogens with zero attached hydrogens (tertiary/aromatic N) is 1. The third-order valence-corrected chi connectivity index (χ3v) is 3.70. The van der Waals surface area contributed by atoms with Crippen LogP contribution in [0.25, 0.3) is 0 Å². The fourth-order valence-corrected chi connectivity index (χ4v) is 2.48. The van der Waals surface area contributed by atoms with Crippen LogP contribution in [-0.2, 0) is 23.1 Å². The molecule has 1 heterocycles. The lowest BCUT2D eigenvalue weighted by molar-refractivity contribution is -0.703. The van der Waals surface area contributed by atoms with Gasteiger partial charge in [0, 0.05) is 12.2 Å². The van der Waals surface area contributed by atoms with Crippen LogP contribution in [0, 0.1) is 0 Å². The number of imidazole rings is 1. The van der Waals surface area contributed by atoms with Crippen LogP contribution in [0.15, 0.2) is 12.4 Å². The highest BCUT2D eigenvalue weighted by atomic mass is 32.2. The third-order valence-electron chi connectivity index (χ3n) is 2.91. The predicted octanol–water partition coefficient (Wildman–Crippen LogP) is 1.36. The van der Waals surface area contributed by atoms with Gasteiger partial charge in [-0.2, -0.15) is 0 Å². The van der Waals surface area contributed by atoms with Gasteiger partial charge in [-0.15, -0.1) is 0 Å². The SMILES string of the molecule is CCCCCc1[nH]cc[n+]1CCCCS(=O)(=O)[O-]. The van der Waals surface area contributed by atoms with E-state index >= 15 is 0 Å². The van der Waals surface area contributed by atoms with Gasteiger partial charge in [-0.1, -0.05) is 19.8 Å². The molecule has 0 spiro atoms. The number of H-pyrrole nitrogens is 1. The van der Waals surface area contributed by atoms with Crippen molar-refractivity contribution in [3.8, 4) is 0 Å². The number of hydrogen-bond donors (Lipinski definition) is 1. The minimum Gasteiger partial charge on any atom is -0.748 e. The van der Waals surface area contributed by atoms with E-state index < -0.39 is 10.1 Å². The van der Waals surface area contributed by atoms with Crippen molar-refractivity contribution in [3.05, 3.63) is 18.2 Å². The van der Waals surface area contributed by atoms with E-state index in [2.05, 4.69) is 16.5 Å². The van der Waals surface area contributed by atoms with Gasteiger partial charge in [0.25, 0.3) is 5.82 Å². The number of aromatic nitrogens is 2. The molecule has 0 amide bonds. The molecular formula is C12H22N2O3S. The molecule has 1 rings (SSSR count). The molecule has 0 saturated carbocycles. The van der Waals surface area contributed by atoms with E-state index in [1.807, 2.05) is 12.4 Å². The molecule has 0 unspecified atom stereocenters. The van der Waals surface area contributed by atoms with Gasteiger partial charge in [0.05, 0.1) is 16.7 Å². The van der Waals surface area contributed by atoms with Crippen LogP contribution in [0.3, 0.4) is 0 Å². The van der Waals surface area contributed by atoms with Crippen LogP contribution in [0.5, 0.6) is 0 Å². The van der Waals surface area contributed by atoms with Crippen LogP contribution >= 0.6 is 0 Å². The Labute approximate surface area is 109 Å². The van der Waals surface area contributed by atoms with Gasteiger partial charge < -0.3 is 4.55 Å². The van der Waals surface area contributed by atoms with Gasteiger partial charge in [0.15, 0.2) is 0 Å². The second-order valence-corrected chi connectivity index (χ2v) is 6.05. The maximum absolute atomic E-state index is 10.5. The van der Waals surface area contributed by atoms with E-state index in [-0.39, 0.29) is 5.75 Å². The van der Waals surface area contributed by atoms with E-state index in [1.54, 1.807) is 0 Å². The summed E-state index contributed by atoms with van der Waals surface area (Å²) in [6.45, 7) is 2.94. The lowest BCUT2D eigenvalue weighted by Gasteiger charge is -2.05. The lowest BCUT2D eigenvalue weighted by Crippen LogP contribution is -2.36. The predicted molar refractivity (Wildman–Crippen MR) is 68.0 cm³/mol. The Kier molecular flexibility index (Phi) is 6.35. The standard InChI is InChI=1S/C12H22N2O3S/c1-2-3-4-7-12-13-8-10-14(12)9-5-6-11-18(15,16)17/h8,10H,2-7,9,11H2,1H3,(H,15,16,17). The minimum atomic E-state index is -4.06. The minimum absolute atomic E-state index is 0.261. The summed E-state index contributed by atoms with van der Waals surface area (Å²) in [6.07, 6.45) is 9.59. The van der Waals surface area contributed by atoms with Crippen LogP contribution < -0.4 is 4.57 Å². The molecule has 104 valence electrons. The molecule has 0 atom stereocenters. The van der Waals surface area contributed by atoms with Crippen LogP contribution in [0.2, 0.25) is 0 Å². The normalized spacial score (nSPS) is 11.9. The first-order valence-electron chi connectivity index (χ1n) is 6.52. The van der Waals surface area contributed by atoms with Crippen molar-refractivity contribution in [2.24, 2.45) is 0 Å². The summed E-state index contributed by atoms with van der Waals surface area (Å²) in [4.78, 5) is 3.20. The fourth-order valence-electron chi connectivity index (χ4n) is 1.93. The Hall–Kier alpha value is -0.880. The first-order valence-corrected chi connectivity index (χ1v) is 8.10. The van der Waals surface area contributed by atoms with Crippen molar-refractivity contribution in [1.82, 2.24) is 4.98 Å². The van der Waals surface area contributed by atoms with Crippen molar-refractivity contribution in [1.29, 1.82) is 0 Å². The fraction of sp³-hybridized carbons (Fsp3) is 0.750. The summed E-state index contributed by atoms with van der Waals surface area (Å²) >= 11 is 0. The Bertz CT molecular complexity index is 440. The maximum atomic E-state index is 10.5. The Morgan fingerprint density at radius 2 is 2.06 bits per heavy atom. The first-order chi connectivity index (χ1) is 8.53. The van der Waals surface area contributed by atoms with Crippen LogP contribution in [-0.4, -0.2) is 23.7 Å². The van der Waals surface area contributed by atoms with Crippen molar-refractivity contribution >= 4 is 10.1 Å². The van der Waals surface area contributed by atoms with Gasteiger partial charge in [-0.3, -0.25) is 0 Å². The molecule has 0 aliphatic carbocycles. The second kappa shape index (κ2) is 7.53. The Morgan fingerprint density at radius 1 is 1.28 bits per heavy atom. The summed E-state index contributed by atoms with van der Waals surface area (Å²) in [5.41, 5.74) is 0. The highest BCUT2D eigenvalue weighted by Gasteiger charge is 2.09. The van der Waals surface area contributed by atoms with Gasteiger partial charge in [-0.05, 0) is 19.3 Å². The van der Waals surface area contributed by atoms with E-state index in [0.29, 0.717) is 12.8 Å². The summed E-state index contributed by atoms with van der Waals surface area (Å²) in [5, 5.41) is 0. The summed E-state index contributed by atoms with van der Waals surface area (Å²) in [5.74, 6) is 0.914. The molecular weight excluding hydrogens is 252 g/mol. The molecule has 0 aliphatic heterocycles. The van der Waals surface area contributed by atoms with E-state index in [4.69, 9.17) is 0 Å². The molecule has 5 nitrogen and oxygen atoms in total. The zero-order valence-corrected chi connectivity index (χ0v) is 11.7. The first kappa shape index (κ1) is 15.2. The largest absolute Gasteiger partial charge is 0.748 e. The average molecular weight is 274 g/mol. The second-order valence-electron chi connectivity index (χ2n) is 4.53. The lowest BCUT2D eigenvalue weighted by atomic mass is 10.2. The van der Waals surface area contributed by atoms with Gasteiger partial charge in [-0.25, -0.2) is 18.0 Å². The van der Waals surface area contributed by atoms with Crippen LogP contribution in [0.4, 0.5) is 0 Å². The zero-order valence-electron chi connectivity index (χ0n) is 10.9. The molecule has 18 heavy (non-hydrogen) atoms. The van der Waals surface area contributed by atoms with Gasteiger partial charge in [0.2, 0.25) is 0 Å². The number of unbranched alkanes of at least 4 members (excludes halogenated alkanes) is 3. The molecule has 1 aromatic heterocycles. The molecule has 0 fully saturated rings. The number of aryl methyl sites for hydroxylation is 2. The molecule has 1 aromatic rings.